The zero-order chi connectivity index (χ0) is 13.2. The number of hydrogen-bond acceptors (Lipinski definition) is 5. The highest BCUT2D eigenvalue weighted by Gasteiger charge is 2.14. The van der Waals surface area contributed by atoms with Crippen LogP contribution in [0.3, 0.4) is 0 Å². The van der Waals surface area contributed by atoms with Gasteiger partial charge in [0.15, 0.2) is 11.5 Å². The molecule has 0 spiro atoms. The fourth-order valence-corrected chi connectivity index (χ4v) is 2.78. The van der Waals surface area contributed by atoms with Gasteiger partial charge in [-0.15, -0.1) is 11.3 Å². The van der Waals surface area contributed by atoms with Crippen molar-refractivity contribution in [3.8, 4) is 11.5 Å². The van der Waals surface area contributed by atoms with Crippen LogP contribution in [0.15, 0.2) is 24.4 Å². The molecule has 1 aromatic carbocycles. The van der Waals surface area contributed by atoms with E-state index in [4.69, 9.17) is 9.47 Å². The van der Waals surface area contributed by atoms with Crippen molar-refractivity contribution >= 4 is 11.3 Å². The van der Waals surface area contributed by atoms with Crippen LogP contribution in [-0.4, -0.2) is 11.8 Å². The highest BCUT2D eigenvalue weighted by Crippen LogP contribution is 2.32. The van der Waals surface area contributed by atoms with Gasteiger partial charge in [0, 0.05) is 17.6 Å². The van der Waals surface area contributed by atoms with E-state index in [1.165, 1.54) is 10.4 Å². The lowest BCUT2D eigenvalue weighted by Gasteiger charge is -2.11. The van der Waals surface area contributed by atoms with Gasteiger partial charge in [-0.1, -0.05) is 6.07 Å². The van der Waals surface area contributed by atoms with E-state index in [1.807, 2.05) is 18.3 Å². The van der Waals surface area contributed by atoms with Crippen LogP contribution in [0.2, 0.25) is 0 Å². The van der Waals surface area contributed by atoms with Crippen LogP contribution in [0, 0.1) is 6.92 Å². The number of benzene rings is 1. The minimum absolute atomic E-state index is 0.254. The Balaban J connectivity index is 1.63. The van der Waals surface area contributed by atoms with Crippen LogP contribution in [0.5, 0.6) is 11.5 Å². The number of thiazole rings is 1. The number of ether oxygens (including phenoxy) is 2. The van der Waals surface area contributed by atoms with Crippen molar-refractivity contribution < 1.29 is 9.47 Å². The van der Waals surface area contributed by atoms with Crippen LogP contribution in [0.4, 0.5) is 0 Å². The maximum Gasteiger partial charge on any atom is 0.231 e. The molecule has 19 heavy (non-hydrogen) atoms. The molecule has 4 nitrogen and oxygen atoms in total. The zero-order valence-electron chi connectivity index (χ0n) is 11.0. The van der Waals surface area contributed by atoms with Gasteiger partial charge >= 0.3 is 0 Å². The number of fused-ring (bicyclic) bond motifs is 1. The van der Waals surface area contributed by atoms with E-state index in [2.05, 4.69) is 30.2 Å². The molecule has 1 N–H and O–H groups in total. The molecule has 0 saturated heterocycles. The van der Waals surface area contributed by atoms with Crippen molar-refractivity contribution in [2.75, 3.05) is 6.79 Å². The van der Waals surface area contributed by atoms with Gasteiger partial charge in [0.25, 0.3) is 0 Å². The quantitative estimate of drug-likeness (QED) is 0.932. The van der Waals surface area contributed by atoms with E-state index in [1.54, 1.807) is 11.3 Å². The highest BCUT2D eigenvalue weighted by molar-refractivity contribution is 7.11. The molecule has 1 unspecified atom stereocenters. The van der Waals surface area contributed by atoms with Crippen LogP contribution >= 0.6 is 11.3 Å². The molecular weight excluding hydrogens is 260 g/mol. The maximum absolute atomic E-state index is 5.37. The predicted molar refractivity (Wildman–Crippen MR) is 74.7 cm³/mol. The van der Waals surface area contributed by atoms with Crippen molar-refractivity contribution in [3.05, 3.63) is 39.8 Å². The Hall–Kier alpha value is -1.59. The summed E-state index contributed by atoms with van der Waals surface area (Å²) in [6, 6.07) is 6.29. The van der Waals surface area contributed by atoms with E-state index in [0.717, 1.165) is 23.1 Å². The molecule has 3 rings (SSSR count). The molecule has 0 saturated carbocycles. The van der Waals surface area contributed by atoms with E-state index < -0.39 is 0 Å². The molecule has 100 valence electrons. The van der Waals surface area contributed by atoms with E-state index in [-0.39, 0.29) is 6.04 Å². The molecule has 2 aromatic rings. The second-order valence-electron chi connectivity index (χ2n) is 4.60. The number of rotatable bonds is 4. The van der Waals surface area contributed by atoms with Gasteiger partial charge in [-0.2, -0.15) is 0 Å². The van der Waals surface area contributed by atoms with Gasteiger partial charge in [-0.05, 0) is 31.5 Å². The Bertz CT molecular complexity index is 583. The fraction of sp³-hybridized carbons (Fsp3) is 0.357. The van der Waals surface area contributed by atoms with E-state index >= 15 is 0 Å². The fourth-order valence-electron chi connectivity index (χ4n) is 1.98. The molecular formula is C14H16N2O2S. The summed E-state index contributed by atoms with van der Waals surface area (Å²) in [6.45, 7) is 5.31. The molecule has 1 aliphatic heterocycles. The molecule has 2 heterocycles. The average molecular weight is 276 g/mol. The minimum Gasteiger partial charge on any atom is -0.454 e. The molecule has 1 aromatic heterocycles. The van der Waals surface area contributed by atoms with Gasteiger partial charge in [0.1, 0.15) is 5.01 Å². The number of aromatic nitrogens is 1. The summed E-state index contributed by atoms with van der Waals surface area (Å²) in [5, 5.41) is 4.59. The zero-order valence-corrected chi connectivity index (χ0v) is 11.8. The summed E-state index contributed by atoms with van der Waals surface area (Å²) < 4.78 is 10.7. The smallest absolute Gasteiger partial charge is 0.231 e. The number of nitrogens with zero attached hydrogens (tertiary/aromatic N) is 1. The van der Waals surface area contributed by atoms with Crippen molar-refractivity contribution in [2.24, 2.45) is 0 Å². The summed E-state index contributed by atoms with van der Waals surface area (Å²) in [7, 11) is 0. The van der Waals surface area contributed by atoms with Crippen molar-refractivity contribution in [2.45, 2.75) is 26.4 Å². The lowest BCUT2D eigenvalue weighted by atomic mass is 10.2. The topological polar surface area (TPSA) is 43.4 Å². The third-order valence-electron chi connectivity index (χ3n) is 3.06. The second-order valence-corrected chi connectivity index (χ2v) is 5.87. The molecule has 0 fully saturated rings. The van der Waals surface area contributed by atoms with Crippen LogP contribution in [0.25, 0.3) is 0 Å². The monoisotopic (exact) mass is 276 g/mol. The molecule has 0 aliphatic carbocycles. The summed E-state index contributed by atoms with van der Waals surface area (Å²) in [4.78, 5) is 5.64. The summed E-state index contributed by atoms with van der Waals surface area (Å²) in [6.07, 6.45) is 1.92. The van der Waals surface area contributed by atoms with Gasteiger partial charge in [-0.25, -0.2) is 4.98 Å². The van der Waals surface area contributed by atoms with Crippen LogP contribution in [0.1, 0.15) is 28.4 Å². The van der Waals surface area contributed by atoms with Crippen LogP contribution < -0.4 is 14.8 Å². The normalized spacial score (nSPS) is 14.6. The predicted octanol–water partition coefficient (Wildman–Crippen LogP) is 3.03. The molecule has 0 bridgehead atoms. The molecule has 0 amide bonds. The minimum atomic E-state index is 0.254. The first-order valence-electron chi connectivity index (χ1n) is 6.26. The Morgan fingerprint density at radius 1 is 1.37 bits per heavy atom. The number of aryl methyl sites for hydroxylation is 1. The van der Waals surface area contributed by atoms with Crippen molar-refractivity contribution in [1.82, 2.24) is 10.3 Å². The highest BCUT2D eigenvalue weighted by atomic mass is 32.1. The first-order valence-corrected chi connectivity index (χ1v) is 7.08. The molecule has 1 aliphatic rings. The van der Waals surface area contributed by atoms with Crippen molar-refractivity contribution in [3.63, 3.8) is 0 Å². The Morgan fingerprint density at radius 3 is 3.00 bits per heavy atom. The number of hydrogen-bond donors (Lipinski definition) is 1. The van der Waals surface area contributed by atoms with Gasteiger partial charge in [0.05, 0.1) is 6.04 Å². The standard InChI is InChI=1S/C14H16N2O2S/c1-9-6-16-14(19-9)10(2)15-7-11-3-4-12-13(5-11)18-8-17-12/h3-6,10,15H,7-8H2,1-2H3. The van der Waals surface area contributed by atoms with Crippen molar-refractivity contribution in [1.29, 1.82) is 0 Å². The SMILES string of the molecule is Cc1cnc(C(C)NCc2ccc3c(c2)OCO3)s1. The third kappa shape index (κ3) is 2.72. The first kappa shape index (κ1) is 12.4. The summed E-state index contributed by atoms with van der Waals surface area (Å²) in [5.41, 5.74) is 1.18. The van der Waals surface area contributed by atoms with Gasteiger partial charge < -0.3 is 14.8 Å². The lowest BCUT2D eigenvalue weighted by molar-refractivity contribution is 0.174. The first-order chi connectivity index (χ1) is 9.22. The molecule has 1 atom stereocenters. The maximum atomic E-state index is 5.37. The Kier molecular flexibility index (Phi) is 3.40. The largest absolute Gasteiger partial charge is 0.454 e. The van der Waals surface area contributed by atoms with Gasteiger partial charge in [0.2, 0.25) is 6.79 Å². The van der Waals surface area contributed by atoms with E-state index in [0.29, 0.717) is 6.79 Å². The Labute approximate surface area is 116 Å². The molecule has 0 radical (unpaired) electrons. The average Bonchev–Trinajstić information content (AvgIpc) is 3.03. The Morgan fingerprint density at radius 2 is 2.21 bits per heavy atom. The van der Waals surface area contributed by atoms with Gasteiger partial charge in [-0.3, -0.25) is 0 Å². The van der Waals surface area contributed by atoms with Crippen LogP contribution in [-0.2, 0) is 6.54 Å². The van der Waals surface area contributed by atoms with E-state index in [9.17, 15) is 0 Å². The summed E-state index contributed by atoms with van der Waals surface area (Å²) in [5.74, 6) is 1.66. The second kappa shape index (κ2) is 5.19. The molecule has 5 heteroatoms. The lowest BCUT2D eigenvalue weighted by Crippen LogP contribution is -2.17. The summed E-state index contributed by atoms with van der Waals surface area (Å²) >= 11 is 1.73. The number of nitrogens with one attached hydrogen (secondary N) is 1. The third-order valence-corrected chi connectivity index (χ3v) is 4.15.